The maximum Gasteiger partial charge on any atom is 0.309 e. The van der Waals surface area contributed by atoms with Crippen molar-refractivity contribution in [2.45, 2.75) is 25.6 Å². The van der Waals surface area contributed by atoms with Gasteiger partial charge in [0.05, 0.1) is 19.3 Å². The van der Waals surface area contributed by atoms with Gasteiger partial charge in [-0.3, -0.25) is 14.5 Å². The van der Waals surface area contributed by atoms with Gasteiger partial charge in [-0.25, -0.2) is 4.39 Å². The number of hydrogen-bond acceptors (Lipinski definition) is 5. The summed E-state index contributed by atoms with van der Waals surface area (Å²) < 4.78 is 18.4. The number of ether oxygens (including phenoxy) is 1. The lowest BCUT2D eigenvalue weighted by Crippen LogP contribution is -2.51. The van der Waals surface area contributed by atoms with E-state index in [-0.39, 0.29) is 24.4 Å². The number of rotatable bonds is 6. The summed E-state index contributed by atoms with van der Waals surface area (Å²) in [6.07, 6.45) is 0. The van der Waals surface area contributed by atoms with E-state index in [0.717, 1.165) is 23.5 Å². The van der Waals surface area contributed by atoms with Crippen molar-refractivity contribution < 1.29 is 18.7 Å². The van der Waals surface area contributed by atoms with E-state index in [2.05, 4.69) is 15.5 Å². The predicted molar refractivity (Wildman–Crippen MR) is 105 cm³/mol. The molecule has 2 N–H and O–H groups in total. The quantitative estimate of drug-likeness (QED) is 0.722. The second-order valence-corrected chi connectivity index (χ2v) is 7.66. The number of nitrogens with one attached hydrogen (secondary N) is 2. The van der Waals surface area contributed by atoms with E-state index in [9.17, 15) is 14.0 Å². The van der Waals surface area contributed by atoms with Gasteiger partial charge < -0.3 is 15.4 Å². The SMILES string of the molecule is C[C@H](NC(=O)C(=O)NCc1ccc(F)cc1)[C@@H](c1cccs1)N1CCOCC1. The van der Waals surface area contributed by atoms with Crippen LogP contribution in [0, 0.1) is 5.82 Å². The highest BCUT2D eigenvalue weighted by atomic mass is 32.1. The molecule has 1 saturated heterocycles. The van der Waals surface area contributed by atoms with E-state index < -0.39 is 11.8 Å². The molecule has 2 atom stereocenters. The summed E-state index contributed by atoms with van der Waals surface area (Å²) in [5.41, 5.74) is 0.723. The van der Waals surface area contributed by atoms with Crippen molar-refractivity contribution >= 4 is 23.2 Å². The Labute approximate surface area is 167 Å². The maximum atomic E-state index is 12.9. The van der Waals surface area contributed by atoms with Gasteiger partial charge in [-0.15, -0.1) is 11.3 Å². The Balaban J connectivity index is 1.58. The second-order valence-electron chi connectivity index (χ2n) is 6.68. The Hall–Kier alpha value is -2.29. The molecule has 0 radical (unpaired) electrons. The van der Waals surface area contributed by atoms with Crippen LogP contribution < -0.4 is 10.6 Å². The lowest BCUT2D eigenvalue weighted by molar-refractivity contribution is -0.140. The average Bonchev–Trinajstić information content (AvgIpc) is 3.22. The molecule has 150 valence electrons. The number of carbonyl (C=O) groups excluding carboxylic acids is 2. The molecule has 1 aromatic carbocycles. The van der Waals surface area contributed by atoms with Crippen LogP contribution in [0.2, 0.25) is 0 Å². The molecule has 0 aliphatic carbocycles. The van der Waals surface area contributed by atoms with Crippen LogP contribution in [0.15, 0.2) is 41.8 Å². The first-order valence-electron chi connectivity index (χ1n) is 9.23. The van der Waals surface area contributed by atoms with Crippen LogP contribution in [0.25, 0.3) is 0 Å². The van der Waals surface area contributed by atoms with E-state index in [1.54, 1.807) is 23.5 Å². The first-order chi connectivity index (χ1) is 13.5. The number of halogens is 1. The minimum absolute atomic E-state index is 0.0160. The van der Waals surface area contributed by atoms with Crippen molar-refractivity contribution in [3.8, 4) is 0 Å². The van der Waals surface area contributed by atoms with Crippen LogP contribution in [0.1, 0.15) is 23.4 Å². The normalized spacial score (nSPS) is 16.9. The minimum atomic E-state index is -0.705. The molecule has 3 rings (SSSR count). The Morgan fingerprint density at radius 2 is 1.89 bits per heavy atom. The standard InChI is InChI=1S/C20H24FN3O3S/c1-14(18(17-3-2-12-28-17)24-8-10-27-11-9-24)23-20(26)19(25)22-13-15-4-6-16(21)7-5-15/h2-7,12,14,18H,8-11,13H2,1H3,(H,22,25)(H,23,26)/t14-,18-/m0/s1. The third-order valence-corrected chi connectivity index (χ3v) is 5.62. The Kier molecular flexibility index (Phi) is 7.13. The van der Waals surface area contributed by atoms with Gasteiger partial charge in [-0.05, 0) is 36.1 Å². The van der Waals surface area contributed by atoms with E-state index >= 15 is 0 Å². The molecule has 0 unspecified atom stereocenters. The van der Waals surface area contributed by atoms with Gasteiger partial charge in [0.25, 0.3) is 0 Å². The summed E-state index contributed by atoms with van der Waals surface area (Å²) in [5.74, 6) is -1.73. The van der Waals surface area contributed by atoms with Gasteiger partial charge in [-0.1, -0.05) is 18.2 Å². The summed E-state index contributed by atoms with van der Waals surface area (Å²) in [6, 6.07) is 9.54. The largest absolute Gasteiger partial charge is 0.379 e. The number of hydrogen-bond donors (Lipinski definition) is 2. The number of nitrogens with zero attached hydrogens (tertiary/aromatic N) is 1. The molecule has 1 fully saturated rings. The third-order valence-electron chi connectivity index (χ3n) is 4.68. The molecule has 1 aromatic heterocycles. The van der Waals surface area contributed by atoms with Gasteiger partial charge in [0, 0.05) is 30.6 Å². The summed E-state index contributed by atoms with van der Waals surface area (Å²) in [5, 5.41) is 7.40. The molecule has 2 amide bonds. The molecule has 0 bridgehead atoms. The molecular formula is C20H24FN3O3S. The number of thiophene rings is 1. The highest BCUT2D eigenvalue weighted by Gasteiger charge is 2.30. The minimum Gasteiger partial charge on any atom is -0.379 e. The van der Waals surface area contributed by atoms with Crippen LogP contribution in [0.3, 0.4) is 0 Å². The molecule has 2 aromatic rings. The smallest absolute Gasteiger partial charge is 0.309 e. The zero-order valence-electron chi connectivity index (χ0n) is 15.7. The van der Waals surface area contributed by atoms with Crippen LogP contribution in [0.4, 0.5) is 4.39 Å². The fourth-order valence-electron chi connectivity index (χ4n) is 3.27. The summed E-state index contributed by atoms with van der Waals surface area (Å²) in [4.78, 5) is 28.0. The molecule has 2 heterocycles. The Morgan fingerprint density at radius 3 is 2.54 bits per heavy atom. The van der Waals surface area contributed by atoms with Crippen LogP contribution in [-0.4, -0.2) is 49.1 Å². The van der Waals surface area contributed by atoms with Gasteiger partial charge in [0.1, 0.15) is 5.82 Å². The van der Waals surface area contributed by atoms with Gasteiger partial charge in [0.15, 0.2) is 0 Å². The van der Waals surface area contributed by atoms with Crippen LogP contribution in [0.5, 0.6) is 0 Å². The zero-order valence-corrected chi connectivity index (χ0v) is 16.5. The van der Waals surface area contributed by atoms with Crippen molar-refractivity contribution in [2.75, 3.05) is 26.3 Å². The molecule has 0 saturated carbocycles. The first-order valence-corrected chi connectivity index (χ1v) is 10.1. The lowest BCUT2D eigenvalue weighted by Gasteiger charge is -2.37. The summed E-state index contributed by atoms with van der Waals surface area (Å²) >= 11 is 1.63. The van der Waals surface area contributed by atoms with Crippen molar-refractivity contribution in [1.82, 2.24) is 15.5 Å². The van der Waals surface area contributed by atoms with E-state index in [0.29, 0.717) is 13.2 Å². The topological polar surface area (TPSA) is 70.7 Å². The van der Waals surface area contributed by atoms with E-state index in [1.807, 2.05) is 24.4 Å². The maximum absolute atomic E-state index is 12.9. The van der Waals surface area contributed by atoms with Crippen LogP contribution in [-0.2, 0) is 20.9 Å². The fourth-order valence-corrected chi connectivity index (χ4v) is 4.24. The fraction of sp³-hybridized carbons (Fsp3) is 0.400. The van der Waals surface area contributed by atoms with Crippen LogP contribution >= 0.6 is 11.3 Å². The van der Waals surface area contributed by atoms with E-state index in [1.165, 1.54) is 12.1 Å². The average molecular weight is 405 g/mol. The van der Waals surface area contributed by atoms with Crippen molar-refractivity contribution in [1.29, 1.82) is 0 Å². The van der Waals surface area contributed by atoms with Gasteiger partial charge in [0.2, 0.25) is 0 Å². The molecular weight excluding hydrogens is 381 g/mol. The molecule has 28 heavy (non-hydrogen) atoms. The van der Waals surface area contributed by atoms with Crippen molar-refractivity contribution in [3.05, 3.63) is 58.0 Å². The lowest BCUT2D eigenvalue weighted by atomic mass is 10.1. The van der Waals surface area contributed by atoms with Gasteiger partial charge in [-0.2, -0.15) is 0 Å². The van der Waals surface area contributed by atoms with Crippen molar-refractivity contribution in [2.24, 2.45) is 0 Å². The molecule has 8 heteroatoms. The highest BCUT2D eigenvalue weighted by Crippen LogP contribution is 2.29. The molecule has 0 spiro atoms. The molecule has 1 aliphatic rings. The molecule has 6 nitrogen and oxygen atoms in total. The Bertz CT molecular complexity index is 777. The van der Waals surface area contributed by atoms with Gasteiger partial charge >= 0.3 is 11.8 Å². The first kappa shape index (κ1) is 20.4. The highest BCUT2D eigenvalue weighted by molar-refractivity contribution is 7.10. The Morgan fingerprint density at radius 1 is 1.18 bits per heavy atom. The monoisotopic (exact) mass is 405 g/mol. The zero-order chi connectivity index (χ0) is 19.9. The second kappa shape index (κ2) is 9.77. The third kappa shape index (κ3) is 5.37. The number of benzene rings is 1. The molecule has 1 aliphatic heterocycles. The predicted octanol–water partition coefficient (Wildman–Crippen LogP) is 2.08. The number of carbonyl (C=O) groups is 2. The van der Waals surface area contributed by atoms with Crippen molar-refractivity contribution in [3.63, 3.8) is 0 Å². The van der Waals surface area contributed by atoms with E-state index in [4.69, 9.17) is 4.74 Å². The number of morpholine rings is 1. The number of amides is 2. The summed E-state index contributed by atoms with van der Waals surface area (Å²) in [7, 11) is 0. The summed E-state index contributed by atoms with van der Waals surface area (Å²) in [6.45, 7) is 4.93.